The summed E-state index contributed by atoms with van der Waals surface area (Å²) in [6, 6.07) is -14.0. The first kappa shape index (κ1) is 108. The van der Waals surface area contributed by atoms with Crippen molar-refractivity contribution >= 4 is 88.5 Å². The molecule has 0 spiro atoms. The van der Waals surface area contributed by atoms with Crippen molar-refractivity contribution in [1.29, 1.82) is 0 Å². The Labute approximate surface area is 695 Å². The molecule has 13 atom stereocenters. The summed E-state index contributed by atoms with van der Waals surface area (Å²) >= 11 is 0. The minimum atomic E-state index is -2.15. The summed E-state index contributed by atoms with van der Waals surface area (Å²) in [5.41, 5.74) is -7.37. The van der Waals surface area contributed by atoms with Gasteiger partial charge in [-0.25, -0.2) is 0 Å². The summed E-state index contributed by atoms with van der Waals surface area (Å²) in [5.74, 6) is -15.9. The lowest BCUT2D eigenvalue weighted by Gasteiger charge is -2.35. The number of rotatable bonds is 47. The van der Waals surface area contributed by atoms with Crippen molar-refractivity contribution in [2.45, 2.75) is 330 Å². The molecule has 33 heteroatoms. The van der Waals surface area contributed by atoms with E-state index in [2.05, 4.69) is 74.4 Å². The van der Waals surface area contributed by atoms with Gasteiger partial charge >= 0.3 is 0 Å². The van der Waals surface area contributed by atoms with E-state index in [-0.39, 0.29) is 78.4 Å². The van der Waals surface area contributed by atoms with E-state index < -0.39 is 195 Å². The molecule has 0 unspecified atom stereocenters. The minimum Gasteiger partial charge on any atom is -0.388 e. The van der Waals surface area contributed by atoms with E-state index >= 15 is 0 Å². The number of allylic oxidation sites excluding steroid dienone is 4. The fourth-order valence-electron chi connectivity index (χ4n) is 12.0. The lowest BCUT2D eigenvalue weighted by molar-refractivity contribution is -0.147. The number of nitrogens with one attached hydrogen (secondary N) is 14. The molecule has 0 saturated carbocycles. The number of carbonyl (C=O) groups is 15. The molecule has 0 fully saturated rings. The summed E-state index contributed by atoms with van der Waals surface area (Å²) in [6.45, 7) is 49.3. The molecule has 0 radical (unpaired) electrons. The Balaban J connectivity index is 6.94. The molecule has 0 aliphatic carbocycles. The van der Waals surface area contributed by atoms with E-state index in [1.807, 2.05) is 46.7 Å². The number of amides is 14. The fraction of sp³-hybridized carbons (Fsp3) is 0.726. The zero-order valence-corrected chi connectivity index (χ0v) is 76.2. The zero-order valence-electron chi connectivity index (χ0n) is 76.2. The van der Waals surface area contributed by atoms with E-state index in [0.717, 1.165) is 0 Å². The Kier molecular flexibility index (Phi) is 44.0. The molecular weight excluding hydrogens is 1510 g/mol. The summed E-state index contributed by atoms with van der Waals surface area (Å²) < 4.78 is 0. The average Bonchev–Trinajstić information content (AvgIpc) is 0.783. The van der Waals surface area contributed by atoms with Crippen molar-refractivity contribution < 1.29 is 87.2 Å². The Morgan fingerprint density at radius 3 is 1.08 bits per heavy atom. The Bertz CT molecular complexity index is 3660. The van der Waals surface area contributed by atoms with E-state index in [9.17, 15) is 87.2 Å². The van der Waals surface area contributed by atoms with Gasteiger partial charge in [0.15, 0.2) is 5.78 Å². The molecule has 33 nitrogen and oxygen atoms in total. The average molecular weight is 1660 g/mol. The number of hydrogen-bond acceptors (Lipinski definition) is 19. The summed E-state index contributed by atoms with van der Waals surface area (Å²) in [5, 5.41) is 71.1. The van der Waals surface area contributed by atoms with Crippen LogP contribution in [-0.2, 0) is 71.9 Å². The van der Waals surface area contributed by atoms with Crippen LogP contribution >= 0.6 is 0 Å². The third-order valence-corrected chi connectivity index (χ3v) is 20.8. The first-order chi connectivity index (χ1) is 53.5. The van der Waals surface area contributed by atoms with Crippen LogP contribution < -0.4 is 74.4 Å². The topological polar surface area (TPSA) is 488 Å². The van der Waals surface area contributed by atoms with Gasteiger partial charge in [0.2, 0.25) is 59.1 Å². The van der Waals surface area contributed by atoms with E-state index in [4.69, 9.17) is 0 Å². The van der Waals surface area contributed by atoms with E-state index in [1.165, 1.54) is 69.2 Å². The molecule has 0 aromatic rings. The van der Waals surface area contributed by atoms with Gasteiger partial charge in [-0.2, -0.15) is 0 Å². The normalized spacial score (nSPS) is 16.3. The first-order valence-electron chi connectivity index (χ1n) is 40.9. The predicted molar refractivity (Wildman–Crippen MR) is 449 cm³/mol. The van der Waals surface area contributed by atoms with Crippen molar-refractivity contribution in [3.8, 4) is 0 Å². The minimum absolute atomic E-state index is 0.0135. The maximum atomic E-state index is 14.6. The monoisotopic (exact) mass is 1650 g/mol. The van der Waals surface area contributed by atoms with Crippen LogP contribution in [0.25, 0.3) is 0 Å². The largest absolute Gasteiger partial charge is 0.388 e. The van der Waals surface area contributed by atoms with Gasteiger partial charge in [-0.05, 0) is 201 Å². The molecule has 0 aromatic carbocycles. The Morgan fingerprint density at radius 1 is 0.359 bits per heavy atom. The zero-order chi connectivity index (χ0) is 91.5. The van der Waals surface area contributed by atoms with Crippen LogP contribution in [0.2, 0.25) is 0 Å². The SMILES string of the molecule is CC/C(C)=C(\NC(=O)[C@H](C)NC(=O)/C(NC(=O)[C@@H](NC(=O)C(C)(C)C(=O)[C@@H](C)CC(C)C)[C@](C)(O)CC)=C(/C)CC)C(=O)N[C@@H](C(=O)N[C@@H](C(=O)N[C@@H](C(=O)N[C@H](C(=O)N/C(C(=O)N[C@H](C)C(=O)N[C@@H](C(=O)N[C@H](C(=O)NC(C(=O)N[C@H](CN(C)C)C(C)C)=C(C)C)C(C)C)C(C)C)=C(/C)CC)C(C)(C)O)C(C)(C)O)[C@@H](C)CC)C(C)C. The molecule has 117 heavy (non-hydrogen) atoms. The number of carbonyl (C=O) groups excluding carboxylic acids is 15. The summed E-state index contributed by atoms with van der Waals surface area (Å²) in [7, 11) is 3.75. The third-order valence-electron chi connectivity index (χ3n) is 20.8. The highest BCUT2D eigenvalue weighted by Crippen LogP contribution is 2.28. The quantitative estimate of drug-likeness (QED) is 0.0303. The van der Waals surface area contributed by atoms with Crippen molar-refractivity contribution in [2.75, 3.05) is 20.6 Å². The number of aliphatic hydroxyl groups is 3. The second-order valence-electron chi connectivity index (χ2n) is 35.2. The van der Waals surface area contributed by atoms with Crippen LogP contribution in [0, 0.1) is 46.8 Å². The molecule has 0 bridgehead atoms. The van der Waals surface area contributed by atoms with Gasteiger partial charge in [0.25, 0.3) is 23.6 Å². The van der Waals surface area contributed by atoms with E-state index in [0.29, 0.717) is 29.7 Å². The van der Waals surface area contributed by atoms with Gasteiger partial charge in [0, 0.05) is 18.5 Å². The van der Waals surface area contributed by atoms with E-state index in [1.54, 1.807) is 118 Å². The summed E-state index contributed by atoms with van der Waals surface area (Å²) in [6.07, 6.45) is 1.24. The highest BCUT2D eigenvalue weighted by atomic mass is 16.3. The number of likely N-dealkylation sites (N-methyl/N-ethyl adjacent to an activating group) is 1. The third kappa shape index (κ3) is 33.4. The highest BCUT2D eigenvalue weighted by molar-refractivity contribution is 6.09. The lowest BCUT2D eigenvalue weighted by atomic mass is 9.78. The molecule has 666 valence electrons. The Hall–Kier alpha value is -8.95. The smallest absolute Gasteiger partial charge is 0.268 e. The predicted octanol–water partition coefficient (Wildman–Crippen LogP) is 3.90. The molecule has 0 aliphatic heterocycles. The van der Waals surface area contributed by atoms with Crippen LogP contribution in [0.15, 0.2) is 45.1 Å². The van der Waals surface area contributed by atoms with Crippen LogP contribution in [0.1, 0.15) is 253 Å². The lowest BCUT2D eigenvalue weighted by Crippen LogP contribution is -2.66. The maximum absolute atomic E-state index is 14.6. The van der Waals surface area contributed by atoms with Gasteiger partial charge in [-0.1, -0.05) is 124 Å². The second-order valence-corrected chi connectivity index (χ2v) is 35.2. The Morgan fingerprint density at radius 2 is 0.701 bits per heavy atom. The highest BCUT2D eigenvalue weighted by Gasteiger charge is 2.47. The maximum Gasteiger partial charge on any atom is 0.268 e. The molecular formula is C84H147N15O18. The standard InChI is InChI=1S/C84H147N15O18/c1-34-47(18)59(73(107)85-52(23)67(101)88-56(44(12)13)70(104)90-57(45(14)15)71(105)89-55(43(10)11)69(103)87-54(42(8)9)40-99(32)33)94-77(111)63(82(27,28)115)97-78(112)64(83(29,30)116)96-76(110)62(50(21)37-4)93-72(106)58(46(16)17)91-75(109)61(49(20)36-3)92-68(102)53(24)86-74(108)60(48(19)35-2)95-79(113)65(84(31,117)38-5)98-80(114)81(25,26)66(100)51(22)39-41(6)7/h41-42,44-46,50-54,56-58,62-65,115-117H,34-40H2,1-33H3,(H,85,107)(H,86,108)(H,87,103)(H,88,101)(H,89,105)(H,90,104)(H,91,109)(H,92,102)(H,93,106)(H,94,111)(H,95,113)(H,96,110)(H,97,112)(H,98,114)/b59-47-,60-48+,61-49-/t50-,51-,52+,53-,54+,56+,57-,58+,62+,63+,64-,65+,84+/m0/s1. The molecule has 0 saturated heterocycles. The first-order valence-corrected chi connectivity index (χ1v) is 40.9. The molecule has 17 N–H and O–H groups in total. The van der Waals surface area contributed by atoms with Crippen molar-refractivity contribution in [3.63, 3.8) is 0 Å². The number of hydrogen-bond donors (Lipinski definition) is 17. The van der Waals surface area contributed by atoms with Gasteiger partial charge in [-0.15, -0.1) is 0 Å². The molecule has 14 amide bonds. The van der Waals surface area contributed by atoms with Gasteiger partial charge in [0.05, 0.1) is 16.8 Å². The van der Waals surface area contributed by atoms with Crippen molar-refractivity contribution in [1.82, 2.24) is 79.3 Å². The van der Waals surface area contributed by atoms with Crippen LogP contribution in [0.3, 0.4) is 0 Å². The van der Waals surface area contributed by atoms with Gasteiger partial charge < -0.3 is 94.7 Å². The van der Waals surface area contributed by atoms with Crippen molar-refractivity contribution in [2.24, 2.45) is 46.8 Å². The molecule has 0 aromatic heterocycles. The summed E-state index contributed by atoms with van der Waals surface area (Å²) in [4.78, 5) is 214. The van der Waals surface area contributed by atoms with Crippen molar-refractivity contribution in [3.05, 3.63) is 45.1 Å². The number of ketones is 1. The van der Waals surface area contributed by atoms with Crippen LogP contribution in [0.5, 0.6) is 0 Å². The number of Topliss-reactive ketones (excluding diaryl/α,β-unsaturated/α-hetero) is 1. The number of nitrogens with zero attached hydrogens (tertiary/aromatic N) is 1. The second kappa shape index (κ2) is 47.6. The molecule has 0 rings (SSSR count). The van der Waals surface area contributed by atoms with Crippen LogP contribution in [0.4, 0.5) is 0 Å². The molecule has 0 aliphatic rings. The van der Waals surface area contributed by atoms with Crippen LogP contribution in [-0.4, -0.2) is 207 Å². The fourth-order valence-corrected chi connectivity index (χ4v) is 12.0. The van der Waals surface area contributed by atoms with Gasteiger partial charge in [-0.3, -0.25) is 71.9 Å². The van der Waals surface area contributed by atoms with Gasteiger partial charge in [0.1, 0.15) is 82.6 Å². The molecule has 0 heterocycles.